The van der Waals surface area contributed by atoms with E-state index < -0.39 is 23.4 Å². The number of rotatable bonds is 12. The first-order chi connectivity index (χ1) is 20.9. The topological polar surface area (TPSA) is 146 Å². The molecule has 0 saturated carbocycles. The Morgan fingerprint density at radius 2 is 1.41 bits per heavy atom. The van der Waals surface area contributed by atoms with Gasteiger partial charge in [-0.1, -0.05) is 18.2 Å². The molecule has 0 unspecified atom stereocenters. The number of nitrogens with one attached hydrogen (secondary N) is 2. The standard InChI is InChI=1S/C31H41N5O7S/c1-30(2,3)42-28(37)33-27(34-29(38)43-31(4,5)6)32-17-10-18-39-24-15-13-22(14-16-24)26-36-35-25(41-26)21-44-20-19-40-23-11-8-7-9-12-23/h7-9,11-16H,10,17-21H2,1-6H3,(H2,32,33,34,37,38). The first kappa shape index (κ1) is 34.2. The Labute approximate surface area is 262 Å². The summed E-state index contributed by atoms with van der Waals surface area (Å²) in [6.45, 7) is 11.6. The maximum atomic E-state index is 12.2. The molecule has 0 atom stereocenters. The molecule has 0 fully saturated rings. The number of nitrogens with zero attached hydrogens (tertiary/aromatic N) is 3. The molecule has 12 nitrogen and oxygen atoms in total. The van der Waals surface area contributed by atoms with Crippen LogP contribution in [-0.2, 0) is 15.2 Å². The van der Waals surface area contributed by atoms with Gasteiger partial charge in [-0.3, -0.25) is 15.6 Å². The first-order valence-corrected chi connectivity index (χ1v) is 15.4. The minimum atomic E-state index is -0.746. The van der Waals surface area contributed by atoms with Gasteiger partial charge in [-0.2, -0.15) is 0 Å². The van der Waals surface area contributed by atoms with E-state index in [2.05, 4.69) is 25.8 Å². The van der Waals surface area contributed by atoms with Gasteiger partial charge in [0, 0.05) is 24.3 Å². The van der Waals surface area contributed by atoms with Gasteiger partial charge in [0.1, 0.15) is 22.7 Å². The van der Waals surface area contributed by atoms with Crippen LogP contribution in [0.5, 0.6) is 11.5 Å². The minimum absolute atomic E-state index is 0.0734. The van der Waals surface area contributed by atoms with E-state index in [-0.39, 0.29) is 12.5 Å². The molecule has 2 aromatic carbocycles. The third-order valence-corrected chi connectivity index (χ3v) is 6.02. The highest BCUT2D eigenvalue weighted by molar-refractivity contribution is 7.98. The number of aromatic nitrogens is 2. The van der Waals surface area contributed by atoms with Gasteiger partial charge < -0.3 is 23.4 Å². The quantitative estimate of drug-likeness (QED) is 0.135. The zero-order valence-electron chi connectivity index (χ0n) is 26.0. The average Bonchev–Trinajstić information content (AvgIpc) is 3.40. The monoisotopic (exact) mass is 627 g/mol. The molecule has 0 bridgehead atoms. The molecule has 1 aromatic heterocycles. The van der Waals surface area contributed by atoms with E-state index in [0.29, 0.717) is 42.9 Å². The van der Waals surface area contributed by atoms with Gasteiger partial charge in [0.2, 0.25) is 17.7 Å². The van der Waals surface area contributed by atoms with E-state index in [0.717, 1.165) is 17.1 Å². The van der Waals surface area contributed by atoms with Crippen molar-refractivity contribution in [3.63, 3.8) is 0 Å². The summed E-state index contributed by atoms with van der Waals surface area (Å²) in [6, 6.07) is 17.0. The smallest absolute Gasteiger partial charge is 0.414 e. The molecule has 2 amide bonds. The molecule has 0 aliphatic heterocycles. The summed E-state index contributed by atoms with van der Waals surface area (Å²) in [5, 5.41) is 13.2. The number of amides is 2. The van der Waals surface area contributed by atoms with Gasteiger partial charge in [-0.25, -0.2) is 9.59 Å². The van der Waals surface area contributed by atoms with E-state index in [1.54, 1.807) is 53.3 Å². The molecule has 13 heteroatoms. The van der Waals surface area contributed by atoms with Crippen molar-refractivity contribution in [1.29, 1.82) is 0 Å². The largest absolute Gasteiger partial charge is 0.494 e. The second kappa shape index (κ2) is 16.6. The predicted molar refractivity (Wildman–Crippen MR) is 169 cm³/mol. The van der Waals surface area contributed by atoms with Gasteiger partial charge in [0.25, 0.3) is 0 Å². The van der Waals surface area contributed by atoms with E-state index in [1.165, 1.54) is 0 Å². The molecule has 0 spiro atoms. The van der Waals surface area contributed by atoms with Crippen molar-refractivity contribution in [1.82, 2.24) is 20.8 Å². The summed E-state index contributed by atoms with van der Waals surface area (Å²) in [5.41, 5.74) is -0.647. The van der Waals surface area contributed by atoms with Crippen molar-refractivity contribution in [2.75, 3.05) is 25.5 Å². The fraction of sp³-hybridized carbons (Fsp3) is 0.452. The zero-order chi connectivity index (χ0) is 32.0. The number of hydrogen-bond donors (Lipinski definition) is 2. The number of hydrogen-bond acceptors (Lipinski definition) is 11. The summed E-state index contributed by atoms with van der Waals surface area (Å²) in [5.74, 6) is 3.81. The van der Waals surface area contributed by atoms with Crippen LogP contribution in [0.3, 0.4) is 0 Å². The number of ether oxygens (including phenoxy) is 4. The molecule has 2 N–H and O–H groups in total. The van der Waals surface area contributed by atoms with Crippen LogP contribution in [0.1, 0.15) is 53.9 Å². The number of carbonyl (C=O) groups excluding carboxylic acids is 2. The second-order valence-electron chi connectivity index (χ2n) is 11.4. The highest BCUT2D eigenvalue weighted by atomic mass is 32.2. The van der Waals surface area contributed by atoms with Crippen LogP contribution in [0.15, 0.2) is 64.0 Å². The van der Waals surface area contributed by atoms with Gasteiger partial charge in [-0.05, 0) is 77.9 Å². The number of para-hydroxylation sites is 1. The third-order valence-electron chi connectivity index (χ3n) is 5.11. The summed E-state index contributed by atoms with van der Waals surface area (Å²) in [6.07, 6.45) is -0.980. The summed E-state index contributed by atoms with van der Waals surface area (Å²) in [7, 11) is 0. The third kappa shape index (κ3) is 13.8. The van der Waals surface area contributed by atoms with Crippen LogP contribution in [0, 0.1) is 0 Å². The summed E-state index contributed by atoms with van der Waals surface area (Å²) < 4.78 is 27.8. The molecule has 0 saturated heterocycles. The maximum absolute atomic E-state index is 12.2. The van der Waals surface area contributed by atoms with Crippen LogP contribution in [0.2, 0.25) is 0 Å². The molecule has 0 aliphatic rings. The Bertz CT molecular complexity index is 1320. The lowest BCUT2D eigenvalue weighted by Gasteiger charge is -2.22. The molecule has 3 rings (SSSR count). The molecule has 0 radical (unpaired) electrons. The molecule has 238 valence electrons. The number of guanidine groups is 1. The lowest BCUT2D eigenvalue weighted by molar-refractivity contribution is 0.0545. The lowest BCUT2D eigenvalue weighted by Crippen LogP contribution is -2.47. The Kier molecular flexibility index (Phi) is 12.9. The normalized spacial score (nSPS) is 11.3. The van der Waals surface area contributed by atoms with Crippen LogP contribution in [-0.4, -0.2) is 65.1 Å². The molecular formula is C31H41N5O7S. The number of carbonyl (C=O) groups is 2. The zero-order valence-corrected chi connectivity index (χ0v) is 26.9. The first-order valence-electron chi connectivity index (χ1n) is 14.2. The van der Waals surface area contributed by atoms with Gasteiger partial charge in [0.05, 0.1) is 19.0 Å². The van der Waals surface area contributed by atoms with Crippen molar-refractivity contribution >= 4 is 29.9 Å². The van der Waals surface area contributed by atoms with Crippen molar-refractivity contribution in [2.45, 2.75) is 64.9 Å². The van der Waals surface area contributed by atoms with Crippen molar-refractivity contribution < 1.29 is 33.0 Å². The number of benzene rings is 2. The molecule has 1 heterocycles. The van der Waals surface area contributed by atoms with E-state index in [1.807, 2.05) is 54.6 Å². The Balaban J connectivity index is 1.42. The van der Waals surface area contributed by atoms with Crippen molar-refractivity contribution in [3.05, 3.63) is 60.5 Å². The van der Waals surface area contributed by atoms with Gasteiger partial charge in [-0.15, -0.1) is 22.0 Å². The summed E-state index contributed by atoms with van der Waals surface area (Å²) in [4.78, 5) is 28.7. The lowest BCUT2D eigenvalue weighted by atomic mass is 10.2. The highest BCUT2D eigenvalue weighted by Gasteiger charge is 2.21. The predicted octanol–water partition coefficient (Wildman–Crippen LogP) is 6.22. The molecule has 44 heavy (non-hydrogen) atoms. The fourth-order valence-corrected chi connectivity index (χ4v) is 4.01. The molecular weight excluding hydrogens is 586 g/mol. The second-order valence-corrected chi connectivity index (χ2v) is 12.5. The van der Waals surface area contributed by atoms with Crippen LogP contribution in [0.4, 0.5) is 9.59 Å². The average molecular weight is 628 g/mol. The maximum Gasteiger partial charge on any atom is 0.414 e. The van der Waals surface area contributed by atoms with Gasteiger partial charge >= 0.3 is 12.2 Å². The van der Waals surface area contributed by atoms with E-state index in [9.17, 15) is 9.59 Å². The minimum Gasteiger partial charge on any atom is -0.494 e. The number of alkyl carbamates (subject to hydrolysis) is 2. The Morgan fingerprint density at radius 1 is 0.818 bits per heavy atom. The fourth-order valence-electron chi connectivity index (χ4n) is 3.37. The van der Waals surface area contributed by atoms with Crippen LogP contribution in [0.25, 0.3) is 11.5 Å². The highest BCUT2D eigenvalue weighted by Crippen LogP contribution is 2.23. The van der Waals surface area contributed by atoms with E-state index >= 15 is 0 Å². The number of thioether (sulfide) groups is 1. The Morgan fingerprint density at radius 3 is 2.02 bits per heavy atom. The van der Waals surface area contributed by atoms with Crippen LogP contribution >= 0.6 is 11.8 Å². The Hall–Kier alpha value is -4.26. The van der Waals surface area contributed by atoms with Gasteiger partial charge in [0.15, 0.2) is 0 Å². The molecule has 3 aromatic rings. The molecule has 0 aliphatic carbocycles. The SMILES string of the molecule is CC(C)(C)OC(=O)NC(=NCCCOc1ccc(-c2nnc(CSCCOc3ccccc3)o2)cc1)NC(=O)OC(C)(C)C. The van der Waals surface area contributed by atoms with E-state index in [4.69, 9.17) is 23.4 Å². The van der Waals surface area contributed by atoms with Crippen molar-refractivity contribution in [2.24, 2.45) is 4.99 Å². The van der Waals surface area contributed by atoms with Crippen molar-refractivity contribution in [3.8, 4) is 23.0 Å². The van der Waals surface area contributed by atoms with Crippen LogP contribution < -0.4 is 20.1 Å². The number of aliphatic imine (C=N–C) groups is 1. The summed E-state index contributed by atoms with van der Waals surface area (Å²) >= 11 is 1.66.